The second kappa shape index (κ2) is 8.04. The number of nitrogens with one attached hydrogen (secondary N) is 2. The van der Waals surface area contributed by atoms with Gasteiger partial charge in [-0.3, -0.25) is 14.0 Å². The summed E-state index contributed by atoms with van der Waals surface area (Å²) in [5.74, 6) is 0.584. The van der Waals surface area contributed by atoms with Crippen molar-refractivity contribution in [2.75, 3.05) is 6.54 Å². The van der Waals surface area contributed by atoms with Gasteiger partial charge in [-0.05, 0) is 48.7 Å². The summed E-state index contributed by atoms with van der Waals surface area (Å²) in [6.45, 7) is 0.471. The Kier molecular flexibility index (Phi) is 5.14. The molecule has 0 atom stereocenters. The van der Waals surface area contributed by atoms with Crippen LogP contribution in [0.3, 0.4) is 0 Å². The highest BCUT2D eigenvalue weighted by molar-refractivity contribution is 5.95. The largest absolute Gasteiger partial charge is 0.352 e. The summed E-state index contributed by atoms with van der Waals surface area (Å²) >= 11 is 0. The van der Waals surface area contributed by atoms with Crippen LogP contribution in [0.5, 0.6) is 0 Å². The van der Waals surface area contributed by atoms with Crippen LogP contribution in [0.15, 0.2) is 54.7 Å². The molecule has 1 saturated carbocycles. The Bertz CT molecular complexity index is 1020. The molecular weight excluding hydrogens is 354 g/mol. The second-order valence-electron chi connectivity index (χ2n) is 6.79. The molecule has 142 valence electrons. The molecule has 1 aliphatic rings. The molecule has 0 unspecified atom stereocenters. The fraction of sp³-hybridized carbons (Fsp3) is 0.238. The number of benzene rings is 1. The Morgan fingerprint density at radius 3 is 2.71 bits per heavy atom. The van der Waals surface area contributed by atoms with E-state index in [9.17, 15) is 9.59 Å². The van der Waals surface area contributed by atoms with Crippen molar-refractivity contribution in [2.45, 2.75) is 25.3 Å². The van der Waals surface area contributed by atoms with E-state index in [1.807, 2.05) is 40.9 Å². The summed E-state index contributed by atoms with van der Waals surface area (Å²) in [6, 6.07) is 13.2. The van der Waals surface area contributed by atoms with Gasteiger partial charge in [0, 0.05) is 36.8 Å². The number of hydrogen-bond donors (Lipinski definition) is 2. The van der Waals surface area contributed by atoms with Gasteiger partial charge in [0.05, 0.1) is 0 Å². The molecule has 7 heteroatoms. The summed E-state index contributed by atoms with van der Waals surface area (Å²) in [5.41, 5.74) is 2.29. The first-order valence-corrected chi connectivity index (χ1v) is 9.34. The molecule has 0 bridgehead atoms. The van der Waals surface area contributed by atoms with Crippen molar-refractivity contribution >= 4 is 23.5 Å². The number of pyridine rings is 1. The first-order chi connectivity index (χ1) is 13.7. The third kappa shape index (κ3) is 4.43. The van der Waals surface area contributed by atoms with Gasteiger partial charge in [0.15, 0.2) is 5.65 Å². The molecule has 3 aromatic rings. The van der Waals surface area contributed by atoms with E-state index < -0.39 is 0 Å². The molecule has 2 aromatic heterocycles. The van der Waals surface area contributed by atoms with E-state index in [1.165, 1.54) is 6.08 Å². The molecule has 28 heavy (non-hydrogen) atoms. The summed E-state index contributed by atoms with van der Waals surface area (Å²) in [5, 5.41) is 14.0. The smallest absolute Gasteiger partial charge is 0.251 e. The van der Waals surface area contributed by atoms with E-state index in [2.05, 4.69) is 20.8 Å². The van der Waals surface area contributed by atoms with Crippen LogP contribution in [0, 0.1) is 0 Å². The molecule has 2 heterocycles. The van der Waals surface area contributed by atoms with Gasteiger partial charge >= 0.3 is 0 Å². The number of carbonyl (C=O) groups excluding carboxylic acids is 2. The highest BCUT2D eigenvalue weighted by atomic mass is 16.2. The van der Waals surface area contributed by atoms with Gasteiger partial charge in [-0.1, -0.05) is 18.2 Å². The molecular formula is C21H21N5O2. The lowest BCUT2D eigenvalue weighted by molar-refractivity contribution is -0.116. The molecule has 4 rings (SSSR count). The first kappa shape index (κ1) is 17.9. The van der Waals surface area contributed by atoms with Gasteiger partial charge < -0.3 is 10.6 Å². The third-order valence-corrected chi connectivity index (χ3v) is 4.54. The molecule has 0 aliphatic heterocycles. The maximum atomic E-state index is 12.0. The van der Waals surface area contributed by atoms with Crippen LogP contribution in [0.1, 0.15) is 34.6 Å². The van der Waals surface area contributed by atoms with Crippen LogP contribution >= 0.6 is 0 Å². The fourth-order valence-corrected chi connectivity index (χ4v) is 2.83. The average molecular weight is 375 g/mol. The van der Waals surface area contributed by atoms with Crippen molar-refractivity contribution in [3.8, 4) is 0 Å². The van der Waals surface area contributed by atoms with E-state index >= 15 is 0 Å². The lowest BCUT2D eigenvalue weighted by atomic mass is 10.1. The molecule has 0 radical (unpaired) electrons. The molecule has 7 nitrogen and oxygen atoms in total. The molecule has 0 saturated heterocycles. The van der Waals surface area contributed by atoms with E-state index in [-0.39, 0.29) is 11.8 Å². The minimum atomic E-state index is -0.177. The van der Waals surface area contributed by atoms with Crippen LogP contribution < -0.4 is 10.6 Å². The van der Waals surface area contributed by atoms with E-state index in [0.29, 0.717) is 24.6 Å². The minimum Gasteiger partial charge on any atom is -0.352 e. The molecule has 2 amide bonds. The van der Waals surface area contributed by atoms with Crippen molar-refractivity contribution in [3.63, 3.8) is 0 Å². The lowest BCUT2D eigenvalue weighted by Crippen LogP contribution is -2.25. The number of rotatable bonds is 7. The maximum Gasteiger partial charge on any atom is 0.251 e. The highest BCUT2D eigenvalue weighted by Gasteiger charge is 2.23. The minimum absolute atomic E-state index is 0.0447. The second-order valence-corrected chi connectivity index (χ2v) is 6.79. The third-order valence-electron chi connectivity index (χ3n) is 4.54. The normalized spacial score (nSPS) is 13.7. The predicted octanol–water partition coefficient (Wildman–Crippen LogP) is 1.99. The number of nitrogens with zero attached hydrogens (tertiary/aromatic N) is 3. The number of amides is 2. The Morgan fingerprint density at radius 2 is 1.93 bits per heavy atom. The van der Waals surface area contributed by atoms with Crippen LogP contribution in [0.2, 0.25) is 0 Å². The maximum absolute atomic E-state index is 12.0. The molecule has 1 aliphatic carbocycles. The number of aromatic nitrogens is 3. The van der Waals surface area contributed by atoms with Gasteiger partial charge in [0.2, 0.25) is 5.91 Å². The van der Waals surface area contributed by atoms with Gasteiger partial charge in [0.25, 0.3) is 5.91 Å². The topological polar surface area (TPSA) is 88.4 Å². The summed E-state index contributed by atoms with van der Waals surface area (Å²) < 4.78 is 1.91. The highest BCUT2D eigenvalue weighted by Crippen LogP contribution is 2.19. The Labute approximate surface area is 162 Å². The zero-order valence-electron chi connectivity index (χ0n) is 15.3. The SMILES string of the molecule is O=C(/C=C/c1ccc(C(=O)NC2CC2)cc1)NCCc1nnc2ccccn12. The van der Waals surface area contributed by atoms with Crippen LogP contribution in [-0.4, -0.2) is 39.0 Å². The Balaban J connectivity index is 1.26. The van der Waals surface area contributed by atoms with E-state index in [4.69, 9.17) is 0 Å². The van der Waals surface area contributed by atoms with Gasteiger partial charge in [-0.25, -0.2) is 0 Å². The van der Waals surface area contributed by atoms with E-state index in [1.54, 1.807) is 18.2 Å². The van der Waals surface area contributed by atoms with Crippen LogP contribution in [0.25, 0.3) is 11.7 Å². The van der Waals surface area contributed by atoms with Crippen molar-refractivity contribution in [1.29, 1.82) is 0 Å². The monoisotopic (exact) mass is 375 g/mol. The molecule has 2 N–H and O–H groups in total. The van der Waals surface area contributed by atoms with Crippen LogP contribution in [0.4, 0.5) is 0 Å². The number of carbonyl (C=O) groups is 2. The van der Waals surface area contributed by atoms with Gasteiger partial charge in [0.1, 0.15) is 5.82 Å². The van der Waals surface area contributed by atoms with Crippen molar-refractivity contribution < 1.29 is 9.59 Å². The first-order valence-electron chi connectivity index (χ1n) is 9.34. The predicted molar refractivity (Wildman–Crippen MR) is 106 cm³/mol. The Hall–Kier alpha value is -3.48. The average Bonchev–Trinajstić information content (AvgIpc) is 3.44. The zero-order valence-corrected chi connectivity index (χ0v) is 15.3. The fourth-order valence-electron chi connectivity index (χ4n) is 2.83. The summed E-state index contributed by atoms with van der Waals surface area (Å²) in [4.78, 5) is 24.0. The van der Waals surface area contributed by atoms with Crippen LogP contribution in [-0.2, 0) is 11.2 Å². The van der Waals surface area contributed by atoms with Gasteiger partial charge in [-0.15, -0.1) is 10.2 Å². The van der Waals surface area contributed by atoms with Crippen molar-refractivity contribution in [3.05, 3.63) is 71.7 Å². The number of fused-ring (bicyclic) bond motifs is 1. The molecule has 1 aromatic carbocycles. The molecule has 1 fully saturated rings. The standard InChI is InChI=1S/C21H21N5O2/c27-20(22-13-12-19-25-24-18-3-1-2-14-26(18)19)11-6-15-4-7-16(8-5-15)21(28)23-17-9-10-17/h1-8,11,14,17H,9-10,12-13H2,(H,22,27)(H,23,28)/b11-6+. The van der Waals surface area contributed by atoms with Crippen molar-refractivity contribution in [1.82, 2.24) is 25.2 Å². The van der Waals surface area contributed by atoms with Gasteiger partial charge in [-0.2, -0.15) is 0 Å². The quantitative estimate of drug-likeness (QED) is 0.618. The lowest BCUT2D eigenvalue weighted by Gasteiger charge is -2.03. The van der Waals surface area contributed by atoms with Crippen molar-refractivity contribution in [2.24, 2.45) is 0 Å². The van der Waals surface area contributed by atoms with E-state index in [0.717, 1.165) is 29.9 Å². The zero-order chi connectivity index (χ0) is 19.3. The Morgan fingerprint density at radius 1 is 1.11 bits per heavy atom. The number of hydrogen-bond acceptors (Lipinski definition) is 4. The molecule has 0 spiro atoms. The summed E-state index contributed by atoms with van der Waals surface area (Å²) in [7, 11) is 0. The summed E-state index contributed by atoms with van der Waals surface area (Å²) in [6.07, 6.45) is 7.84.